The number of fused-ring (bicyclic) bond motifs is 5. The zero-order valence-electron chi connectivity index (χ0n) is 42.5. The second kappa shape index (κ2) is 13.2. The molecule has 1 spiro atoms. The Kier molecular flexibility index (Phi) is 7.70. The molecule has 2 atom stereocenters. The highest BCUT2D eigenvalue weighted by Gasteiger charge is 2.70. The van der Waals surface area contributed by atoms with Crippen LogP contribution in [-0.4, -0.2) is 0 Å². The molecular formula is C60H62N3O+. The molecule has 4 nitrogen and oxygen atoms in total. The third kappa shape index (κ3) is 5.76. The maximum atomic E-state index is 8.15. The highest BCUT2D eigenvalue weighted by molar-refractivity contribution is 6.03. The van der Waals surface area contributed by atoms with E-state index in [0.717, 1.165) is 56.3 Å². The standard InChI is InChI=1S/C60H62N3O/c1-36-22-24-37(25-23-36)39-28-29-61-51(30-39)46-33-41(57(5,6)7)32-45-43-20-17-21-50-53(43)63-55(62(50)49-27-26-40(56(2,3)4)31-44(49)38-18-15-14-16-19-38)47-34-42(58(8,9)10)35-48(59(11,12)13)54(47)64-60(61,63)52(45)46/h14-35,55H,1-13H3/q+1/i1D3. The van der Waals surface area contributed by atoms with Crippen molar-refractivity contribution in [3.8, 4) is 50.4 Å². The van der Waals surface area contributed by atoms with Crippen molar-refractivity contribution in [2.45, 2.75) is 124 Å². The molecule has 322 valence electrons. The fraction of sp³-hybridized carbons (Fsp3) is 0.317. The molecule has 0 bridgehead atoms. The average Bonchev–Trinajstić information content (AvgIpc) is 3.76. The zero-order chi connectivity index (χ0) is 47.5. The van der Waals surface area contributed by atoms with Crippen LogP contribution in [0.5, 0.6) is 5.75 Å². The third-order valence-electron chi connectivity index (χ3n) is 14.2. The van der Waals surface area contributed by atoms with Gasteiger partial charge in [0.15, 0.2) is 6.20 Å². The van der Waals surface area contributed by atoms with Gasteiger partial charge in [-0.15, -0.1) is 4.57 Å². The number of benzene rings is 6. The van der Waals surface area contributed by atoms with Crippen molar-refractivity contribution >= 4 is 17.1 Å². The van der Waals surface area contributed by atoms with Gasteiger partial charge in [-0.2, -0.15) is 0 Å². The van der Waals surface area contributed by atoms with Crippen molar-refractivity contribution in [3.05, 3.63) is 173 Å². The Hall–Kier alpha value is -6.13. The number of aryl methyl sites for hydroxylation is 1. The molecule has 0 saturated carbocycles. The lowest BCUT2D eigenvalue weighted by Crippen LogP contribution is -2.71. The van der Waals surface area contributed by atoms with Crippen LogP contribution in [-0.2, 0) is 27.5 Å². The van der Waals surface area contributed by atoms with Crippen LogP contribution in [0.15, 0.2) is 134 Å². The summed E-state index contributed by atoms with van der Waals surface area (Å²) >= 11 is 0. The summed E-state index contributed by atoms with van der Waals surface area (Å²) in [6, 6.07) is 46.4. The van der Waals surface area contributed by atoms with Crippen LogP contribution in [0.1, 0.15) is 132 Å². The molecule has 0 N–H and O–H groups in total. The fourth-order valence-electron chi connectivity index (χ4n) is 10.7. The molecule has 4 heteroatoms. The molecule has 64 heavy (non-hydrogen) atoms. The Bertz CT molecular complexity index is 3190. The number of nitrogens with zero attached hydrogens (tertiary/aromatic N) is 3. The molecule has 6 aromatic carbocycles. The predicted molar refractivity (Wildman–Crippen MR) is 266 cm³/mol. The van der Waals surface area contributed by atoms with Gasteiger partial charge in [0.05, 0.1) is 22.6 Å². The lowest BCUT2D eigenvalue weighted by atomic mass is 9.77. The molecule has 2 unspecified atom stereocenters. The Morgan fingerprint density at radius 2 is 1.22 bits per heavy atom. The van der Waals surface area contributed by atoms with Crippen LogP contribution in [0.4, 0.5) is 17.1 Å². The molecule has 1 aromatic heterocycles. The van der Waals surface area contributed by atoms with Crippen LogP contribution in [0, 0.1) is 6.85 Å². The Balaban J connectivity index is 1.28. The number of aromatic nitrogens is 1. The summed E-state index contributed by atoms with van der Waals surface area (Å²) in [6.45, 7) is 25.5. The molecule has 4 aliphatic heterocycles. The van der Waals surface area contributed by atoms with E-state index < -0.39 is 12.7 Å². The Morgan fingerprint density at radius 1 is 0.547 bits per heavy atom. The molecule has 0 radical (unpaired) electrons. The predicted octanol–water partition coefficient (Wildman–Crippen LogP) is 15.2. The highest BCUT2D eigenvalue weighted by Crippen LogP contribution is 2.68. The second-order valence-corrected chi connectivity index (χ2v) is 22.7. The monoisotopic (exact) mass is 844 g/mol. The summed E-state index contributed by atoms with van der Waals surface area (Å²) in [5.41, 5.74) is 19.4. The van der Waals surface area contributed by atoms with E-state index in [1.165, 1.54) is 44.5 Å². The van der Waals surface area contributed by atoms with Crippen molar-refractivity contribution in [2.24, 2.45) is 0 Å². The van der Waals surface area contributed by atoms with E-state index >= 15 is 0 Å². The van der Waals surface area contributed by atoms with Crippen molar-refractivity contribution in [2.75, 3.05) is 9.80 Å². The lowest BCUT2D eigenvalue weighted by Gasteiger charge is -2.49. The van der Waals surface area contributed by atoms with Crippen molar-refractivity contribution in [1.82, 2.24) is 0 Å². The molecule has 5 heterocycles. The van der Waals surface area contributed by atoms with E-state index in [1.807, 2.05) is 12.1 Å². The number of rotatable bonds is 3. The first-order valence-corrected chi connectivity index (χ1v) is 23.0. The van der Waals surface area contributed by atoms with Crippen LogP contribution in [0.2, 0.25) is 0 Å². The average molecular weight is 844 g/mol. The first kappa shape index (κ1) is 37.3. The normalized spacial score (nSPS) is 18.9. The third-order valence-corrected chi connectivity index (χ3v) is 14.2. The minimum absolute atomic E-state index is 0.0605. The summed E-state index contributed by atoms with van der Waals surface area (Å²) in [6.07, 6.45) is 1.91. The number of pyridine rings is 1. The number of anilines is 3. The molecule has 0 aliphatic carbocycles. The number of hydrogen-bond donors (Lipinski definition) is 0. The van der Waals surface area contributed by atoms with Crippen LogP contribution in [0.25, 0.3) is 44.6 Å². The van der Waals surface area contributed by atoms with Crippen molar-refractivity contribution in [1.29, 1.82) is 0 Å². The second-order valence-electron chi connectivity index (χ2n) is 22.7. The van der Waals surface area contributed by atoms with Gasteiger partial charge in [0.2, 0.25) is 5.69 Å². The highest BCUT2D eigenvalue weighted by atomic mass is 16.5. The minimum atomic E-state index is -2.18. The summed E-state index contributed by atoms with van der Waals surface area (Å²) in [5.74, 6) is -0.186. The van der Waals surface area contributed by atoms with Gasteiger partial charge in [0.25, 0.3) is 0 Å². The maximum Gasteiger partial charge on any atom is 0.432 e. The summed E-state index contributed by atoms with van der Waals surface area (Å²) < 4.78 is 34.7. The van der Waals surface area contributed by atoms with Crippen LogP contribution >= 0.6 is 0 Å². The van der Waals surface area contributed by atoms with Gasteiger partial charge in [-0.1, -0.05) is 168 Å². The van der Waals surface area contributed by atoms with Crippen molar-refractivity contribution < 1.29 is 13.4 Å². The van der Waals surface area contributed by atoms with Gasteiger partial charge in [0.1, 0.15) is 17.5 Å². The van der Waals surface area contributed by atoms with Gasteiger partial charge in [-0.05, 0) is 98.3 Å². The maximum absolute atomic E-state index is 8.15. The molecule has 0 fully saturated rings. The minimum Gasteiger partial charge on any atom is -0.410 e. The summed E-state index contributed by atoms with van der Waals surface area (Å²) in [5, 5.41) is 0. The Morgan fingerprint density at radius 3 is 1.89 bits per heavy atom. The summed E-state index contributed by atoms with van der Waals surface area (Å²) in [4.78, 5) is 5.25. The zero-order valence-corrected chi connectivity index (χ0v) is 39.5. The quantitative estimate of drug-likeness (QED) is 0.165. The largest absolute Gasteiger partial charge is 0.432 e. The van der Waals surface area contributed by atoms with E-state index in [0.29, 0.717) is 5.56 Å². The van der Waals surface area contributed by atoms with Crippen LogP contribution < -0.4 is 19.1 Å². The molecule has 0 saturated heterocycles. The van der Waals surface area contributed by atoms with E-state index in [-0.39, 0.29) is 27.8 Å². The van der Waals surface area contributed by atoms with E-state index in [2.05, 4.69) is 207 Å². The van der Waals surface area contributed by atoms with E-state index in [4.69, 9.17) is 8.85 Å². The number of ether oxygens (including phenoxy) is 1. The molecule has 7 aromatic rings. The number of hydrogen-bond acceptors (Lipinski definition) is 3. The summed E-state index contributed by atoms with van der Waals surface area (Å²) in [7, 11) is 0. The Labute approximate surface area is 385 Å². The molecule has 0 amide bonds. The van der Waals surface area contributed by atoms with Gasteiger partial charge in [-0.3, -0.25) is 0 Å². The SMILES string of the molecule is [2H]C([2H])([2H])c1ccc(-c2cc[n+]3c(c2)-c2cc(C(C)(C)C)cc4c2C32Oc3c(cc(C(C)(C)C)cc3C(C)(C)C)C3N(c5ccc(C(C)(C)C)cc5-c5ccccc5)c5cccc-4c5N32)cc1. The van der Waals surface area contributed by atoms with E-state index in [1.54, 1.807) is 12.1 Å². The molecule has 11 rings (SSSR count). The lowest BCUT2D eigenvalue weighted by molar-refractivity contribution is -0.774. The van der Waals surface area contributed by atoms with Gasteiger partial charge in [0, 0.05) is 44.1 Å². The fourth-order valence-corrected chi connectivity index (χ4v) is 10.7. The van der Waals surface area contributed by atoms with Gasteiger partial charge >= 0.3 is 5.85 Å². The number of para-hydroxylation sites is 1. The topological polar surface area (TPSA) is 19.6 Å². The first-order chi connectivity index (χ1) is 31.4. The van der Waals surface area contributed by atoms with Gasteiger partial charge in [-0.25, -0.2) is 4.90 Å². The van der Waals surface area contributed by atoms with Gasteiger partial charge < -0.3 is 9.64 Å². The molecular weight excluding hydrogens is 779 g/mol. The van der Waals surface area contributed by atoms with Crippen LogP contribution in [0.3, 0.4) is 0 Å². The smallest absolute Gasteiger partial charge is 0.410 e. The molecule has 4 aliphatic rings. The van der Waals surface area contributed by atoms with E-state index in [9.17, 15) is 0 Å². The first-order valence-electron chi connectivity index (χ1n) is 24.5. The van der Waals surface area contributed by atoms with Crippen molar-refractivity contribution in [3.63, 3.8) is 0 Å².